The van der Waals surface area contributed by atoms with E-state index in [1.165, 1.54) is 19.3 Å². The predicted octanol–water partition coefficient (Wildman–Crippen LogP) is 17.4. The van der Waals surface area contributed by atoms with Gasteiger partial charge in [-0.05, 0) is 133 Å². The van der Waals surface area contributed by atoms with Crippen LogP contribution >= 0.6 is 0 Å². The minimum Gasteiger partial charge on any atom is -0.466 e. The maximum absolute atomic E-state index is 12.1. The molecule has 0 aliphatic carbocycles. The zero-order valence-electron chi connectivity index (χ0n) is 87.1. The number of ether oxygens (including phenoxy) is 10. The number of carbonyl (C=O) groups is 9. The molecule has 0 aromatic rings. The number of aliphatic hydroxyl groups is 1. The Morgan fingerprint density at radius 1 is 0.355 bits per heavy atom. The molecule has 0 bridgehead atoms. The number of nitrogens with zero attached hydrogens (tertiary/aromatic N) is 4. The molecule has 2 heterocycles. The molecular formula is C98H198N6O20. The summed E-state index contributed by atoms with van der Waals surface area (Å²) >= 11 is 0. The van der Waals surface area contributed by atoms with Crippen molar-refractivity contribution in [2.45, 2.75) is 324 Å². The fraction of sp³-hybridized carbons (Fsp3) is 0.908. The third kappa shape index (κ3) is 110. The number of esters is 1. The fourth-order valence-corrected chi connectivity index (χ4v) is 11.7. The van der Waals surface area contributed by atoms with Crippen molar-refractivity contribution in [3.8, 4) is 0 Å². The Morgan fingerprint density at radius 2 is 0.669 bits per heavy atom. The minimum atomic E-state index is -0.102. The van der Waals surface area contributed by atoms with Gasteiger partial charge in [-0.25, -0.2) is 0 Å². The van der Waals surface area contributed by atoms with Crippen LogP contribution in [0.3, 0.4) is 0 Å². The molecule has 0 atom stereocenters. The number of ketones is 2. The normalized spacial score (nSPS) is 13.4. The molecule has 26 nitrogen and oxygen atoms in total. The maximum Gasteiger partial charge on any atom is 0.306 e. The second-order valence-corrected chi connectivity index (χ2v) is 43.5. The van der Waals surface area contributed by atoms with Crippen molar-refractivity contribution in [2.24, 2.45) is 60.6 Å². The first-order chi connectivity index (χ1) is 56.8. The van der Waals surface area contributed by atoms with Gasteiger partial charge in [0.25, 0.3) is 0 Å². The number of piperidine rings is 2. The number of methoxy groups -OCH3 is 5. The van der Waals surface area contributed by atoms with E-state index in [1.54, 1.807) is 59.2 Å². The highest BCUT2D eigenvalue weighted by Gasteiger charge is 2.29. The van der Waals surface area contributed by atoms with E-state index in [9.17, 15) is 43.2 Å². The number of aliphatic hydroxyl groups excluding tert-OH is 1. The zero-order chi connectivity index (χ0) is 97.6. The molecule has 0 aromatic carbocycles. The van der Waals surface area contributed by atoms with Crippen molar-refractivity contribution in [2.75, 3.05) is 201 Å². The van der Waals surface area contributed by atoms with Crippen LogP contribution < -0.4 is 10.6 Å². The molecular weight excluding hydrogens is 1580 g/mol. The van der Waals surface area contributed by atoms with Crippen LogP contribution in [0.2, 0.25) is 0 Å². The van der Waals surface area contributed by atoms with Crippen molar-refractivity contribution in [3.05, 3.63) is 0 Å². The fourth-order valence-electron chi connectivity index (χ4n) is 11.7. The Kier molecular flexibility index (Phi) is 80.0. The van der Waals surface area contributed by atoms with Crippen LogP contribution in [0, 0.1) is 60.6 Å². The molecule has 0 saturated carbocycles. The van der Waals surface area contributed by atoms with Gasteiger partial charge in [0, 0.05) is 173 Å². The predicted molar refractivity (Wildman–Crippen MR) is 507 cm³/mol. The lowest BCUT2D eigenvalue weighted by Crippen LogP contribution is -2.40. The SMILES string of the molecule is CC(=O)CC(C)(C)C.CC(=O)CC(C)(C)C.CCCOCCNC(=O)CC(C)(C)C.CCOC(=O)CC(C)(C)C.COCCC1CCN(C(=O)CC(C)(C)C)CC1.COCCCC1CCN(C(=O)CC(C)(C)C)CC1.COCCOCCN(C)C(=O)CC(C)(C)C.COCCOCCN(CCO)C(=O)CC(C)(C)C.COCCOCCNC(=O)CC(C)(C)C. The van der Waals surface area contributed by atoms with Crippen molar-refractivity contribution >= 4 is 53.0 Å². The largest absolute Gasteiger partial charge is 0.466 e. The first-order valence-electron chi connectivity index (χ1n) is 45.9. The summed E-state index contributed by atoms with van der Waals surface area (Å²) in [5.41, 5.74) is 0.708. The standard InChI is InChI=1S/C15H29NO2.C14H27NO2.C13H27NO4.C12H25NO3.C11H23NO3.C11H23NO2.C8H16O2.2C7H14O/c1-15(2,3)12-14(17)16-9-7-13(8-10-16)6-5-11-18-4;1-14(2,3)11-13(16)15-8-5-12(6-9-15)7-10-17-4;1-13(2,3)11-12(16)14(5-7-15)6-8-18-10-9-17-4;1-12(2,3)10-11(14)13(4)6-7-16-9-8-15-5;1-11(2,3)9-10(13)12-5-6-15-8-7-14-4;1-5-7-14-8-6-12-10(13)9-11(2,3)4;1-5-10-7(9)6-8(2,3)4;2*1-6(8)5-7(2,3)4/h13H,5-12H2,1-4H3;12H,5-11H2,1-4H3;15H,5-11H2,1-4H3;6-10H2,1-5H3;5-9H2,1-4H3,(H,12,13);5-9H2,1-4H3,(H,12,13);5-6H2,1-4H3;2*5H2,1-4H3. The summed E-state index contributed by atoms with van der Waals surface area (Å²) in [6, 6.07) is 0. The van der Waals surface area contributed by atoms with Crippen molar-refractivity contribution in [1.82, 2.24) is 30.2 Å². The lowest BCUT2D eigenvalue weighted by atomic mass is 9.89. The van der Waals surface area contributed by atoms with E-state index in [0.717, 1.165) is 89.9 Å². The third-order valence-electron chi connectivity index (χ3n) is 17.3. The molecule has 0 unspecified atom stereocenters. The van der Waals surface area contributed by atoms with Crippen LogP contribution in [0.5, 0.6) is 0 Å². The average molecular weight is 1780 g/mol. The number of likely N-dealkylation sites (tertiary alicyclic amines) is 2. The van der Waals surface area contributed by atoms with Crippen molar-refractivity contribution in [1.29, 1.82) is 0 Å². The number of hydrogen-bond donors (Lipinski definition) is 3. The second kappa shape index (κ2) is 75.0. The molecule has 124 heavy (non-hydrogen) atoms. The second-order valence-electron chi connectivity index (χ2n) is 43.5. The van der Waals surface area contributed by atoms with Crippen LogP contribution in [0.4, 0.5) is 0 Å². The molecule has 2 aliphatic rings. The number of amides is 6. The number of rotatable bonds is 42. The lowest BCUT2D eigenvalue weighted by molar-refractivity contribution is -0.145. The van der Waals surface area contributed by atoms with Gasteiger partial charge < -0.3 is 92.3 Å². The van der Waals surface area contributed by atoms with Crippen molar-refractivity contribution < 1.29 is 95.6 Å². The summed E-state index contributed by atoms with van der Waals surface area (Å²) in [7, 11) is 10.2. The number of Topliss-reactive ketones (excluding diaryl/α,β-unsaturated/α-hetero) is 2. The zero-order valence-corrected chi connectivity index (χ0v) is 87.1. The number of likely N-dealkylation sites (N-methyl/N-ethyl adjacent to an activating group) is 1. The number of nitrogens with one attached hydrogen (secondary N) is 2. The monoisotopic (exact) mass is 1780 g/mol. The van der Waals surface area contributed by atoms with Crippen LogP contribution in [-0.2, 0) is 90.5 Å². The van der Waals surface area contributed by atoms with Gasteiger partial charge in [-0.3, -0.25) is 33.6 Å². The lowest BCUT2D eigenvalue weighted by Gasteiger charge is -2.33. The molecule has 0 aromatic heterocycles. The molecule has 2 fully saturated rings. The van der Waals surface area contributed by atoms with Gasteiger partial charge in [-0.1, -0.05) is 194 Å². The average Bonchev–Trinajstić information content (AvgIpc) is 0.874. The Hall–Kier alpha value is -4.77. The Labute approximate surface area is 760 Å². The van der Waals surface area contributed by atoms with Crippen molar-refractivity contribution in [3.63, 3.8) is 0 Å². The Bertz CT molecular complexity index is 2630. The summed E-state index contributed by atoms with van der Waals surface area (Å²) in [6.07, 6.45) is 14.5. The Balaban J connectivity index is -0.000000251. The molecule has 740 valence electrons. The van der Waals surface area contributed by atoms with E-state index in [0.29, 0.717) is 175 Å². The molecule has 0 spiro atoms. The highest BCUT2D eigenvalue weighted by molar-refractivity contribution is 5.79. The van der Waals surface area contributed by atoms with Gasteiger partial charge >= 0.3 is 5.97 Å². The van der Waals surface area contributed by atoms with Gasteiger partial charge in [0.05, 0.1) is 85.7 Å². The molecule has 26 heteroatoms. The van der Waals surface area contributed by atoms with E-state index < -0.39 is 0 Å². The van der Waals surface area contributed by atoms with Crippen LogP contribution in [0.25, 0.3) is 0 Å². The maximum atomic E-state index is 12.1. The first kappa shape index (κ1) is 132. The van der Waals surface area contributed by atoms with E-state index in [2.05, 4.69) is 147 Å². The topological polar surface area (TPSA) is 303 Å². The van der Waals surface area contributed by atoms with Crippen LogP contribution in [0.1, 0.15) is 324 Å². The van der Waals surface area contributed by atoms with E-state index in [-0.39, 0.29) is 96.5 Å². The van der Waals surface area contributed by atoms with Gasteiger partial charge in [0.2, 0.25) is 35.4 Å². The van der Waals surface area contributed by atoms with Crippen LogP contribution in [-0.4, -0.2) is 278 Å². The smallest absolute Gasteiger partial charge is 0.306 e. The summed E-state index contributed by atoms with van der Waals surface area (Å²) in [5, 5.41) is 14.6. The van der Waals surface area contributed by atoms with E-state index in [1.807, 2.05) is 81.2 Å². The minimum absolute atomic E-state index is 0.0199. The Morgan fingerprint density at radius 3 is 0.968 bits per heavy atom. The van der Waals surface area contributed by atoms with Gasteiger partial charge in [0.15, 0.2) is 0 Å². The van der Waals surface area contributed by atoms with Crippen LogP contribution in [0.15, 0.2) is 0 Å². The summed E-state index contributed by atoms with van der Waals surface area (Å²) in [6.45, 7) is 77.9. The van der Waals surface area contributed by atoms with Gasteiger partial charge in [0.1, 0.15) is 11.6 Å². The molecule has 2 aliphatic heterocycles. The number of hydrogen-bond acceptors (Lipinski definition) is 20. The first-order valence-corrected chi connectivity index (χ1v) is 45.9. The van der Waals surface area contributed by atoms with Gasteiger partial charge in [-0.2, -0.15) is 0 Å². The highest BCUT2D eigenvalue weighted by Crippen LogP contribution is 2.29. The molecule has 0 radical (unpaired) electrons. The molecule has 2 saturated heterocycles. The molecule has 3 N–H and O–H groups in total. The van der Waals surface area contributed by atoms with E-state index in [4.69, 9.17) is 52.5 Å². The van der Waals surface area contributed by atoms with E-state index >= 15 is 0 Å². The molecule has 2 rings (SSSR count). The summed E-state index contributed by atoms with van der Waals surface area (Å²) in [5.74, 6) is 3.06. The molecule has 6 amide bonds. The highest BCUT2D eigenvalue weighted by atomic mass is 16.5. The van der Waals surface area contributed by atoms with Gasteiger partial charge in [-0.15, -0.1) is 0 Å². The quantitative estimate of drug-likeness (QED) is 0.0378. The summed E-state index contributed by atoms with van der Waals surface area (Å²) < 4.78 is 50.6. The number of carbonyl (C=O) groups excluding carboxylic acids is 9. The summed E-state index contributed by atoms with van der Waals surface area (Å²) in [4.78, 5) is 110. The third-order valence-corrected chi connectivity index (χ3v) is 17.3.